The first-order valence-corrected chi connectivity index (χ1v) is 6.57. The molecule has 0 aromatic heterocycles. The highest BCUT2D eigenvalue weighted by atomic mass is 16.5. The van der Waals surface area contributed by atoms with Gasteiger partial charge in [-0.25, -0.2) is 0 Å². The van der Waals surface area contributed by atoms with Crippen molar-refractivity contribution in [2.75, 3.05) is 0 Å². The van der Waals surface area contributed by atoms with Crippen LogP contribution in [0.15, 0.2) is 23.8 Å². The van der Waals surface area contributed by atoms with Crippen molar-refractivity contribution in [2.24, 2.45) is 0 Å². The Morgan fingerprint density at radius 3 is 2.56 bits per heavy atom. The van der Waals surface area contributed by atoms with Crippen molar-refractivity contribution in [2.45, 2.75) is 71.5 Å². The summed E-state index contributed by atoms with van der Waals surface area (Å²) in [4.78, 5) is 0. The third kappa shape index (κ3) is 4.98. The number of ether oxygens (including phenoxy) is 1. The first-order valence-electron chi connectivity index (χ1n) is 6.57. The minimum atomic E-state index is -0.0475. The van der Waals surface area contributed by atoms with E-state index in [1.54, 1.807) is 0 Å². The van der Waals surface area contributed by atoms with Gasteiger partial charge < -0.3 is 4.74 Å². The number of hydrogen-bond donors (Lipinski definition) is 0. The normalized spacial score (nSPS) is 17.6. The lowest BCUT2D eigenvalue weighted by Gasteiger charge is -2.28. The molecule has 0 amide bonds. The van der Waals surface area contributed by atoms with Crippen LogP contribution < -0.4 is 0 Å². The van der Waals surface area contributed by atoms with E-state index in [2.05, 4.69) is 45.9 Å². The summed E-state index contributed by atoms with van der Waals surface area (Å²) in [7, 11) is 0. The molecular formula is C15H26O. The topological polar surface area (TPSA) is 9.23 Å². The Bertz CT molecular complexity index is 255. The highest BCUT2D eigenvalue weighted by Crippen LogP contribution is 2.25. The molecule has 0 aromatic rings. The molecule has 0 saturated heterocycles. The zero-order valence-corrected chi connectivity index (χ0v) is 11.3. The Labute approximate surface area is 101 Å². The lowest BCUT2D eigenvalue weighted by Crippen LogP contribution is -2.28. The fraction of sp³-hybridized carbons (Fsp3) is 0.733. The maximum absolute atomic E-state index is 6.15. The highest BCUT2D eigenvalue weighted by Gasteiger charge is 2.21. The molecule has 0 aliphatic heterocycles. The number of hydrogen-bond acceptors (Lipinski definition) is 1. The van der Waals surface area contributed by atoms with Crippen LogP contribution in [-0.2, 0) is 4.74 Å². The van der Waals surface area contributed by atoms with E-state index in [-0.39, 0.29) is 5.60 Å². The Morgan fingerprint density at radius 2 is 2.06 bits per heavy atom. The second-order valence-electron chi connectivity index (χ2n) is 5.56. The summed E-state index contributed by atoms with van der Waals surface area (Å²) in [5.74, 6) is 0. The SMILES string of the molecule is CCCCCC(OC(C)(C)C)C1=CCC=C1. The van der Waals surface area contributed by atoms with Gasteiger partial charge in [0.25, 0.3) is 0 Å². The van der Waals surface area contributed by atoms with Crippen LogP contribution in [0.1, 0.15) is 59.8 Å². The number of rotatable bonds is 6. The zero-order valence-electron chi connectivity index (χ0n) is 11.3. The minimum Gasteiger partial charge on any atom is -0.368 e. The second kappa shape index (κ2) is 6.24. The molecule has 1 atom stereocenters. The quantitative estimate of drug-likeness (QED) is 0.595. The zero-order chi connectivity index (χ0) is 12.0. The molecule has 0 spiro atoms. The van der Waals surface area contributed by atoms with Crippen LogP contribution in [0.4, 0.5) is 0 Å². The fourth-order valence-corrected chi connectivity index (χ4v) is 2.02. The summed E-state index contributed by atoms with van der Waals surface area (Å²) < 4.78 is 6.15. The summed E-state index contributed by atoms with van der Waals surface area (Å²) >= 11 is 0. The van der Waals surface area contributed by atoms with E-state index in [0.29, 0.717) is 6.10 Å². The van der Waals surface area contributed by atoms with E-state index < -0.39 is 0 Å². The third-order valence-corrected chi connectivity index (χ3v) is 2.74. The van der Waals surface area contributed by atoms with Gasteiger partial charge in [-0.3, -0.25) is 0 Å². The highest BCUT2D eigenvalue weighted by molar-refractivity contribution is 5.29. The molecule has 1 aliphatic rings. The Morgan fingerprint density at radius 1 is 1.31 bits per heavy atom. The lowest BCUT2D eigenvalue weighted by atomic mass is 10.0. The first-order chi connectivity index (χ1) is 7.53. The third-order valence-electron chi connectivity index (χ3n) is 2.74. The maximum atomic E-state index is 6.15. The van der Waals surface area contributed by atoms with E-state index in [4.69, 9.17) is 4.74 Å². The van der Waals surface area contributed by atoms with Crippen LogP contribution in [0, 0.1) is 0 Å². The van der Waals surface area contributed by atoms with Crippen molar-refractivity contribution in [3.05, 3.63) is 23.8 Å². The van der Waals surface area contributed by atoms with Gasteiger partial charge >= 0.3 is 0 Å². The molecule has 0 N–H and O–H groups in total. The molecule has 1 unspecified atom stereocenters. The molecule has 16 heavy (non-hydrogen) atoms. The standard InChI is InChI=1S/C15H26O/c1-5-6-7-12-14(16-15(2,3)4)13-10-8-9-11-13/h8,10-11,14H,5-7,9,12H2,1-4H3. The van der Waals surface area contributed by atoms with Crippen molar-refractivity contribution < 1.29 is 4.74 Å². The molecule has 1 heteroatoms. The molecule has 1 rings (SSSR count). The van der Waals surface area contributed by atoms with Gasteiger partial charge in [-0.1, -0.05) is 44.4 Å². The van der Waals surface area contributed by atoms with E-state index in [9.17, 15) is 0 Å². The summed E-state index contributed by atoms with van der Waals surface area (Å²) in [5, 5.41) is 0. The summed E-state index contributed by atoms with van der Waals surface area (Å²) in [5.41, 5.74) is 1.33. The van der Waals surface area contributed by atoms with Gasteiger partial charge in [0.1, 0.15) is 0 Å². The molecule has 0 fully saturated rings. The van der Waals surface area contributed by atoms with Crippen LogP contribution >= 0.6 is 0 Å². The van der Waals surface area contributed by atoms with Gasteiger partial charge in [0.2, 0.25) is 0 Å². The van der Waals surface area contributed by atoms with Crippen LogP contribution in [0.2, 0.25) is 0 Å². The van der Waals surface area contributed by atoms with Crippen LogP contribution in [0.25, 0.3) is 0 Å². The van der Waals surface area contributed by atoms with Crippen LogP contribution in [-0.4, -0.2) is 11.7 Å². The Kier molecular flexibility index (Phi) is 5.27. The average molecular weight is 222 g/mol. The largest absolute Gasteiger partial charge is 0.368 e. The molecule has 0 bridgehead atoms. The van der Waals surface area contributed by atoms with E-state index in [1.165, 1.54) is 24.8 Å². The van der Waals surface area contributed by atoms with Crippen molar-refractivity contribution in [3.63, 3.8) is 0 Å². The predicted octanol–water partition coefficient (Wildman–Crippen LogP) is 4.64. The number of allylic oxidation sites excluding steroid dienone is 2. The molecule has 1 aliphatic carbocycles. The molecule has 92 valence electrons. The monoisotopic (exact) mass is 222 g/mol. The van der Waals surface area contributed by atoms with Gasteiger partial charge in [-0.05, 0) is 39.2 Å². The smallest absolute Gasteiger partial charge is 0.0829 e. The van der Waals surface area contributed by atoms with Gasteiger partial charge in [-0.15, -0.1) is 0 Å². The summed E-state index contributed by atoms with van der Waals surface area (Å²) in [6, 6.07) is 0. The molecular weight excluding hydrogens is 196 g/mol. The van der Waals surface area contributed by atoms with Gasteiger partial charge in [0.05, 0.1) is 11.7 Å². The minimum absolute atomic E-state index is 0.0475. The van der Waals surface area contributed by atoms with Crippen LogP contribution in [0.5, 0.6) is 0 Å². The molecule has 0 aromatic carbocycles. The van der Waals surface area contributed by atoms with E-state index >= 15 is 0 Å². The van der Waals surface area contributed by atoms with Crippen molar-refractivity contribution in [1.82, 2.24) is 0 Å². The molecule has 0 heterocycles. The molecule has 0 radical (unpaired) electrons. The number of unbranched alkanes of at least 4 members (excludes halogenated alkanes) is 2. The second-order valence-corrected chi connectivity index (χ2v) is 5.56. The van der Waals surface area contributed by atoms with Crippen molar-refractivity contribution >= 4 is 0 Å². The van der Waals surface area contributed by atoms with E-state index in [1.807, 2.05) is 0 Å². The predicted molar refractivity (Wildman–Crippen MR) is 70.6 cm³/mol. The van der Waals surface area contributed by atoms with Crippen LogP contribution in [0.3, 0.4) is 0 Å². The fourth-order valence-electron chi connectivity index (χ4n) is 2.02. The van der Waals surface area contributed by atoms with E-state index in [0.717, 1.165) is 12.8 Å². The van der Waals surface area contributed by atoms with Crippen molar-refractivity contribution in [1.29, 1.82) is 0 Å². The van der Waals surface area contributed by atoms with Gasteiger partial charge in [0, 0.05) is 0 Å². The van der Waals surface area contributed by atoms with Gasteiger partial charge in [-0.2, -0.15) is 0 Å². The average Bonchev–Trinajstić information content (AvgIpc) is 2.67. The Hall–Kier alpha value is -0.560. The lowest BCUT2D eigenvalue weighted by molar-refractivity contribution is -0.0453. The maximum Gasteiger partial charge on any atom is 0.0829 e. The summed E-state index contributed by atoms with van der Waals surface area (Å²) in [6.07, 6.45) is 13.1. The molecule has 0 saturated carbocycles. The first kappa shape index (κ1) is 13.5. The molecule has 1 nitrogen and oxygen atoms in total. The van der Waals surface area contributed by atoms with Crippen molar-refractivity contribution in [3.8, 4) is 0 Å². The summed E-state index contributed by atoms with van der Waals surface area (Å²) in [6.45, 7) is 8.66. The Balaban J connectivity index is 2.51. The van der Waals surface area contributed by atoms with Gasteiger partial charge in [0.15, 0.2) is 0 Å².